The lowest BCUT2D eigenvalue weighted by atomic mass is 9.85. The van der Waals surface area contributed by atoms with Crippen LogP contribution in [0.15, 0.2) is 36.4 Å². The van der Waals surface area contributed by atoms with Gasteiger partial charge < -0.3 is 10.2 Å². The number of phenolic OH excluding ortho intramolecular Hbond substituents is 2. The average Bonchev–Trinajstić information content (AvgIpc) is 4.10. The molecule has 0 bridgehead atoms. The van der Waals surface area contributed by atoms with Crippen LogP contribution in [0, 0.1) is 17.8 Å². The Balaban J connectivity index is 1.10. The van der Waals surface area contributed by atoms with Gasteiger partial charge in [0.2, 0.25) is 0 Å². The van der Waals surface area contributed by atoms with E-state index in [4.69, 9.17) is 0 Å². The molecule has 0 spiro atoms. The van der Waals surface area contributed by atoms with Gasteiger partial charge in [-0.05, 0) is 127 Å². The maximum atomic E-state index is 10.6. The zero-order valence-corrected chi connectivity index (χ0v) is 41.4. The van der Waals surface area contributed by atoms with Crippen LogP contribution in [-0.2, 0) is 23.7 Å². The molecule has 2 aliphatic heterocycles. The normalized spacial score (nSPS) is 25.4. The van der Waals surface area contributed by atoms with Gasteiger partial charge in [0, 0.05) is 32.0 Å². The van der Waals surface area contributed by atoms with Crippen molar-refractivity contribution in [2.45, 2.75) is 227 Å². The maximum absolute atomic E-state index is 10.6. The second kappa shape index (κ2) is 23.8. The number of aromatic hydroxyl groups is 2. The van der Waals surface area contributed by atoms with E-state index < -0.39 is 0 Å². The molecule has 2 nitrogen and oxygen atoms in total. The Kier molecular flexibility index (Phi) is 19.9. The van der Waals surface area contributed by atoms with Crippen LogP contribution in [0.4, 0.5) is 0 Å². The fourth-order valence-electron chi connectivity index (χ4n) is 9.49. The van der Waals surface area contributed by atoms with Crippen molar-refractivity contribution in [2.75, 3.05) is 5.75 Å². The summed E-state index contributed by atoms with van der Waals surface area (Å²) in [4.78, 5) is 0. The van der Waals surface area contributed by atoms with E-state index in [1.807, 2.05) is 12.1 Å². The molecule has 1 saturated carbocycles. The second-order valence-corrected chi connectivity index (χ2v) is 26.5. The number of hydrogen-bond acceptors (Lipinski definition) is 6. The molecule has 2 aromatic rings. The Hall–Kier alpha value is -0.560. The molecule has 0 amide bonds. The monoisotopic (exact) mass is 869 g/mol. The number of thioether (sulfide) groups is 2. The first kappa shape index (κ1) is 48.5. The van der Waals surface area contributed by atoms with Crippen molar-refractivity contribution in [3.05, 3.63) is 58.7 Å². The van der Waals surface area contributed by atoms with E-state index in [1.165, 1.54) is 139 Å². The summed E-state index contributed by atoms with van der Waals surface area (Å²) in [5, 5.41) is 25.4. The molecule has 58 heavy (non-hydrogen) atoms. The molecular formula is C52H84O2S4. The molecule has 0 radical (unpaired) electrons. The van der Waals surface area contributed by atoms with Gasteiger partial charge in [-0.1, -0.05) is 172 Å². The Morgan fingerprint density at radius 1 is 0.621 bits per heavy atom. The Morgan fingerprint density at radius 3 is 1.59 bits per heavy atom. The highest BCUT2D eigenvalue weighted by molar-refractivity contribution is 8.77. The van der Waals surface area contributed by atoms with Crippen molar-refractivity contribution >= 4 is 45.1 Å². The molecule has 0 aromatic heterocycles. The van der Waals surface area contributed by atoms with Crippen LogP contribution in [0.25, 0.3) is 0 Å². The van der Waals surface area contributed by atoms with Crippen molar-refractivity contribution in [3.63, 3.8) is 0 Å². The maximum Gasteiger partial charge on any atom is 0.119 e. The number of aryl methyl sites for hydroxylation is 2. The highest BCUT2D eigenvalue weighted by Gasteiger charge is 2.45. The van der Waals surface area contributed by atoms with E-state index in [-0.39, 0.29) is 10.8 Å². The Labute approximate surface area is 374 Å². The molecule has 3 fully saturated rings. The molecule has 328 valence electrons. The van der Waals surface area contributed by atoms with Gasteiger partial charge in [-0.25, -0.2) is 0 Å². The number of unbranched alkanes of at least 4 members (excludes halogenated alkanes) is 9. The predicted molar refractivity (Wildman–Crippen MR) is 265 cm³/mol. The summed E-state index contributed by atoms with van der Waals surface area (Å²) >= 11 is 4.70. The number of hydrogen-bond donors (Lipinski definition) is 2. The minimum atomic E-state index is -0.0206. The van der Waals surface area contributed by atoms with Gasteiger partial charge in [0.1, 0.15) is 11.5 Å². The first-order valence-corrected chi connectivity index (χ1v) is 28.2. The molecule has 2 heterocycles. The summed E-state index contributed by atoms with van der Waals surface area (Å²) in [6.07, 6.45) is 28.1. The lowest BCUT2D eigenvalue weighted by Crippen LogP contribution is -2.26. The topological polar surface area (TPSA) is 40.5 Å². The van der Waals surface area contributed by atoms with E-state index in [0.29, 0.717) is 11.5 Å². The minimum Gasteiger partial charge on any atom is -0.508 e. The Bertz CT molecular complexity index is 1490. The van der Waals surface area contributed by atoms with E-state index in [0.717, 1.165) is 68.0 Å². The van der Waals surface area contributed by atoms with Gasteiger partial charge >= 0.3 is 0 Å². The van der Waals surface area contributed by atoms with Crippen molar-refractivity contribution in [2.24, 2.45) is 17.8 Å². The van der Waals surface area contributed by atoms with Crippen molar-refractivity contribution in [3.8, 4) is 11.5 Å². The van der Waals surface area contributed by atoms with Crippen LogP contribution in [-0.4, -0.2) is 42.2 Å². The summed E-state index contributed by atoms with van der Waals surface area (Å²) in [5.41, 5.74) is 4.62. The third kappa shape index (κ3) is 16.6. The van der Waals surface area contributed by atoms with Crippen molar-refractivity contribution in [1.82, 2.24) is 0 Å². The largest absolute Gasteiger partial charge is 0.508 e. The van der Waals surface area contributed by atoms with Crippen LogP contribution < -0.4 is 0 Å². The van der Waals surface area contributed by atoms with Crippen molar-refractivity contribution < 1.29 is 10.2 Å². The molecule has 8 unspecified atom stereocenters. The molecule has 2 aromatic carbocycles. The van der Waals surface area contributed by atoms with Gasteiger partial charge in [-0.2, -0.15) is 23.5 Å². The smallest absolute Gasteiger partial charge is 0.119 e. The van der Waals surface area contributed by atoms with Gasteiger partial charge in [-0.15, -0.1) is 0 Å². The zero-order valence-electron chi connectivity index (χ0n) is 38.2. The standard InChI is InChI=1S/C52H84O2S4/c1-9-10-21-37(2)30-49-47(24-19-15-11-13-17-22-38-26-28-43(45(53)31-38)51(3,4)5)57-58-48(50(56-49)35-41-33-40(41)34-42-36-55-42)25-20-16-12-14-18-23-39-27-29-44(46(54)32-39)52(6,7)8/h26-29,31-32,37,40-42,47-50,53-54H,9-25,30,33-36H2,1-8H3. The van der Waals surface area contributed by atoms with Crippen LogP contribution >= 0.6 is 45.1 Å². The highest BCUT2D eigenvalue weighted by atomic mass is 33.1. The van der Waals surface area contributed by atoms with Gasteiger partial charge in [0.05, 0.1) is 0 Å². The van der Waals surface area contributed by atoms with E-state index >= 15 is 0 Å². The molecule has 8 atom stereocenters. The summed E-state index contributed by atoms with van der Waals surface area (Å²) in [6, 6.07) is 12.8. The molecular weight excluding hydrogens is 785 g/mol. The van der Waals surface area contributed by atoms with Gasteiger partial charge in [-0.3, -0.25) is 0 Å². The quantitative estimate of drug-likeness (QED) is 0.0589. The predicted octanol–water partition coefficient (Wildman–Crippen LogP) is 16.5. The summed E-state index contributed by atoms with van der Waals surface area (Å²) in [5.74, 6) is 5.22. The molecule has 2 saturated heterocycles. The van der Waals surface area contributed by atoms with Gasteiger partial charge in [0.25, 0.3) is 0 Å². The number of rotatable bonds is 25. The van der Waals surface area contributed by atoms with Crippen LogP contribution in [0.1, 0.15) is 200 Å². The molecule has 2 N–H and O–H groups in total. The SMILES string of the molecule is CCCCC(C)CC1SC(CC2CC2CC2CS2)C(CCCCCCCc2ccc(C(C)(C)C)c(O)c2)SSC1CCCCCCCc1ccc(C(C)(C)C)c(O)c1. The molecule has 6 heteroatoms. The highest BCUT2D eigenvalue weighted by Crippen LogP contribution is 2.56. The number of benzene rings is 2. The second-order valence-electron chi connectivity index (χ2n) is 21.0. The zero-order chi connectivity index (χ0) is 41.7. The van der Waals surface area contributed by atoms with E-state index in [2.05, 4.69) is 125 Å². The van der Waals surface area contributed by atoms with Crippen LogP contribution in [0.2, 0.25) is 0 Å². The summed E-state index contributed by atoms with van der Waals surface area (Å²) < 4.78 is 0. The summed E-state index contributed by atoms with van der Waals surface area (Å²) in [6.45, 7) is 18.0. The third-order valence-corrected chi connectivity index (χ3v) is 20.0. The fourth-order valence-corrected chi connectivity index (χ4v) is 16.7. The first-order valence-electron chi connectivity index (χ1n) is 23.9. The lowest BCUT2D eigenvalue weighted by Gasteiger charge is -2.29. The van der Waals surface area contributed by atoms with E-state index in [1.54, 1.807) is 0 Å². The van der Waals surface area contributed by atoms with Gasteiger partial charge in [0.15, 0.2) is 0 Å². The molecule has 3 aliphatic rings. The Morgan fingerprint density at radius 2 is 1.10 bits per heavy atom. The van der Waals surface area contributed by atoms with Crippen molar-refractivity contribution in [1.29, 1.82) is 0 Å². The van der Waals surface area contributed by atoms with E-state index in [9.17, 15) is 10.2 Å². The molecule has 5 rings (SSSR count). The van der Waals surface area contributed by atoms with Crippen LogP contribution in [0.3, 0.4) is 0 Å². The summed E-state index contributed by atoms with van der Waals surface area (Å²) in [7, 11) is 4.67. The first-order chi connectivity index (χ1) is 27.7. The average molecular weight is 870 g/mol. The lowest BCUT2D eigenvalue weighted by molar-refractivity contribution is 0.445. The molecule has 1 aliphatic carbocycles. The third-order valence-electron chi connectivity index (χ3n) is 13.4. The minimum absolute atomic E-state index is 0.0201. The number of phenols is 2. The fraction of sp³-hybridized carbons (Fsp3) is 0.769. The van der Waals surface area contributed by atoms with Crippen LogP contribution in [0.5, 0.6) is 11.5 Å².